The minimum Gasteiger partial charge on any atom is -0.370 e. The Bertz CT molecular complexity index is 640. The Morgan fingerprint density at radius 3 is 2.45 bits per heavy atom. The average molecular weight is 291 g/mol. The Morgan fingerprint density at radius 1 is 1.10 bits per heavy atom. The zero-order valence-corrected chi connectivity index (χ0v) is 12.0. The van der Waals surface area contributed by atoms with Gasteiger partial charge in [-0.2, -0.15) is 0 Å². The quantitative estimate of drug-likeness (QED) is 0.858. The van der Waals surface area contributed by atoms with E-state index in [0.717, 1.165) is 18.8 Å². The van der Waals surface area contributed by atoms with Gasteiger partial charge in [0, 0.05) is 6.54 Å². The molecule has 0 aliphatic heterocycles. The highest BCUT2D eigenvalue weighted by Gasteiger charge is 2.13. The van der Waals surface area contributed by atoms with Crippen molar-refractivity contribution in [1.82, 2.24) is 4.98 Å². The van der Waals surface area contributed by atoms with Crippen molar-refractivity contribution in [3.05, 3.63) is 48.7 Å². The van der Waals surface area contributed by atoms with Crippen molar-refractivity contribution >= 4 is 21.5 Å². The number of hydrogen-bond donors (Lipinski definition) is 2. The van der Waals surface area contributed by atoms with Crippen LogP contribution in [0.1, 0.15) is 13.3 Å². The molecule has 0 atom stereocenters. The number of nitrogens with one attached hydrogen (secondary N) is 2. The molecule has 0 saturated heterocycles. The summed E-state index contributed by atoms with van der Waals surface area (Å²) in [5.41, 5.74) is 0.441. The summed E-state index contributed by atoms with van der Waals surface area (Å²) in [7, 11) is -3.55. The molecular formula is C14H17N3O2S. The SMILES string of the molecule is CCCNc1ccc(NS(=O)(=O)c2ccccc2)cn1. The molecule has 6 heteroatoms. The van der Waals surface area contributed by atoms with Crippen LogP contribution in [0.15, 0.2) is 53.6 Å². The summed E-state index contributed by atoms with van der Waals surface area (Å²) in [5.74, 6) is 0.731. The zero-order chi connectivity index (χ0) is 14.4. The number of aromatic nitrogens is 1. The normalized spacial score (nSPS) is 11.1. The average Bonchev–Trinajstić information content (AvgIpc) is 2.47. The molecule has 106 valence electrons. The first-order valence-electron chi connectivity index (χ1n) is 6.39. The largest absolute Gasteiger partial charge is 0.370 e. The molecule has 1 aromatic carbocycles. The zero-order valence-electron chi connectivity index (χ0n) is 11.2. The molecule has 1 aromatic heterocycles. The van der Waals surface area contributed by atoms with Gasteiger partial charge in [-0.1, -0.05) is 25.1 Å². The van der Waals surface area contributed by atoms with Gasteiger partial charge in [0.2, 0.25) is 0 Å². The van der Waals surface area contributed by atoms with E-state index in [1.54, 1.807) is 42.5 Å². The van der Waals surface area contributed by atoms with Crippen LogP contribution in [0.2, 0.25) is 0 Å². The van der Waals surface area contributed by atoms with E-state index in [0.29, 0.717) is 5.69 Å². The summed E-state index contributed by atoms with van der Waals surface area (Å²) in [6.45, 7) is 2.90. The minimum atomic E-state index is -3.55. The smallest absolute Gasteiger partial charge is 0.261 e. The lowest BCUT2D eigenvalue weighted by Gasteiger charge is -2.09. The molecule has 0 radical (unpaired) electrons. The molecule has 0 bridgehead atoms. The van der Waals surface area contributed by atoms with E-state index >= 15 is 0 Å². The molecule has 2 rings (SSSR count). The summed E-state index contributed by atoms with van der Waals surface area (Å²) in [5, 5.41) is 3.13. The van der Waals surface area contributed by atoms with Crippen molar-refractivity contribution in [2.45, 2.75) is 18.2 Å². The first-order valence-corrected chi connectivity index (χ1v) is 7.88. The van der Waals surface area contributed by atoms with Gasteiger partial charge in [0.25, 0.3) is 10.0 Å². The maximum atomic E-state index is 12.1. The van der Waals surface area contributed by atoms with Crippen LogP contribution in [0.5, 0.6) is 0 Å². The molecule has 0 spiro atoms. The van der Waals surface area contributed by atoms with Crippen molar-refractivity contribution in [2.75, 3.05) is 16.6 Å². The Kier molecular flexibility index (Phi) is 4.57. The summed E-state index contributed by atoms with van der Waals surface area (Å²) >= 11 is 0. The fourth-order valence-corrected chi connectivity index (χ4v) is 2.69. The molecule has 0 aliphatic carbocycles. The second kappa shape index (κ2) is 6.38. The summed E-state index contributed by atoms with van der Waals surface area (Å²) < 4.78 is 26.7. The number of rotatable bonds is 6. The van der Waals surface area contributed by atoms with Gasteiger partial charge in [-0.05, 0) is 30.7 Å². The van der Waals surface area contributed by atoms with Crippen LogP contribution in [-0.2, 0) is 10.0 Å². The Hall–Kier alpha value is -2.08. The van der Waals surface area contributed by atoms with Gasteiger partial charge in [-0.25, -0.2) is 13.4 Å². The maximum Gasteiger partial charge on any atom is 0.261 e. The van der Waals surface area contributed by atoms with E-state index in [9.17, 15) is 8.42 Å². The Balaban J connectivity index is 2.10. The molecule has 0 amide bonds. The number of hydrogen-bond acceptors (Lipinski definition) is 4. The lowest BCUT2D eigenvalue weighted by atomic mass is 10.4. The van der Waals surface area contributed by atoms with Crippen molar-refractivity contribution in [1.29, 1.82) is 0 Å². The first-order chi connectivity index (χ1) is 9.62. The third kappa shape index (κ3) is 3.71. The fraction of sp³-hybridized carbons (Fsp3) is 0.214. The van der Waals surface area contributed by atoms with E-state index in [1.807, 2.05) is 0 Å². The third-order valence-corrected chi connectivity index (χ3v) is 4.02. The van der Waals surface area contributed by atoms with Gasteiger partial charge in [0.05, 0.1) is 16.8 Å². The molecule has 2 N–H and O–H groups in total. The minimum absolute atomic E-state index is 0.230. The standard InChI is InChI=1S/C14H17N3O2S/c1-2-10-15-14-9-8-12(11-16-14)17-20(18,19)13-6-4-3-5-7-13/h3-9,11,17H,2,10H2,1H3,(H,15,16). The van der Waals surface area contributed by atoms with Gasteiger partial charge >= 0.3 is 0 Å². The van der Waals surface area contributed by atoms with Crippen molar-refractivity contribution in [2.24, 2.45) is 0 Å². The molecular weight excluding hydrogens is 274 g/mol. The number of nitrogens with zero attached hydrogens (tertiary/aromatic N) is 1. The van der Waals surface area contributed by atoms with E-state index in [1.165, 1.54) is 6.20 Å². The van der Waals surface area contributed by atoms with Gasteiger partial charge < -0.3 is 5.32 Å². The summed E-state index contributed by atoms with van der Waals surface area (Å²) in [4.78, 5) is 4.39. The lowest BCUT2D eigenvalue weighted by molar-refractivity contribution is 0.601. The van der Waals surface area contributed by atoms with Crippen LogP contribution in [-0.4, -0.2) is 19.9 Å². The third-order valence-electron chi connectivity index (χ3n) is 2.63. The maximum absolute atomic E-state index is 12.1. The van der Waals surface area contributed by atoms with Gasteiger partial charge in [0.1, 0.15) is 5.82 Å². The first kappa shape index (κ1) is 14.3. The van der Waals surface area contributed by atoms with Crippen LogP contribution >= 0.6 is 0 Å². The topological polar surface area (TPSA) is 71.1 Å². The molecule has 2 aromatic rings. The van der Waals surface area contributed by atoms with Gasteiger partial charge in [-0.3, -0.25) is 4.72 Å². The fourth-order valence-electron chi connectivity index (χ4n) is 1.63. The van der Waals surface area contributed by atoms with Crippen LogP contribution in [0.25, 0.3) is 0 Å². The predicted molar refractivity (Wildman–Crippen MR) is 80.3 cm³/mol. The number of sulfonamides is 1. The monoisotopic (exact) mass is 291 g/mol. The van der Waals surface area contributed by atoms with Crippen molar-refractivity contribution in [3.8, 4) is 0 Å². The second-order valence-electron chi connectivity index (χ2n) is 4.28. The number of pyridine rings is 1. The van der Waals surface area contributed by atoms with Gasteiger partial charge in [-0.15, -0.1) is 0 Å². The molecule has 20 heavy (non-hydrogen) atoms. The lowest BCUT2D eigenvalue weighted by Crippen LogP contribution is -2.13. The molecule has 0 unspecified atom stereocenters. The van der Waals surface area contributed by atoms with E-state index in [-0.39, 0.29) is 4.90 Å². The Labute approximate surface area is 119 Å². The predicted octanol–water partition coefficient (Wildman–Crippen LogP) is 2.70. The van der Waals surface area contributed by atoms with Crippen LogP contribution in [0, 0.1) is 0 Å². The van der Waals surface area contributed by atoms with E-state index in [4.69, 9.17) is 0 Å². The van der Waals surface area contributed by atoms with Crippen molar-refractivity contribution < 1.29 is 8.42 Å². The second-order valence-corrected chi connectivity index (χ2v) is 5.96. The van der Waals surface area contributed by atoms with Crippen LogP contribution < -0.4 is 10.0 Å². The molecule has 0 aliphatic rings. The highest BCUT2D eigenvalue weighted by molar-refractivity contribution is 7.92. The summed E-state index contributed by atoms with van der Waals surface area (Å²) in [6, 6.07) is 11.7. The van der Waals surface area contributed by atoms with Crippen molar-refractivity contribution in [3.63, 3.8) is 0 Å². The van der Waals surface area contributed by atoms with Crippen LogP contribution in [0.3, 0.4) is 0 Å². The number of benzene rings is 1. The van der Waals surface area contributed by atoms with E-state index in [2.05, 4.69) is 21.9 Å². The van der Waals surface area contributed by atoms with E-state index < -0.39 is 10.0 Å². The highest BCUT2D eigenvalue weighted by atomic mass is 32.2. The molecule has 0 fully saturated rings. The molecule has 0 saturated carbocycles. The Morgan fingerprint density at radius 2 is 1.85 bits per heavy atom. The summed E-state index contributed by atoms with van der Waals surface area (Å²) in [6.07, 6.45) is 2.50. The number of anilines is 2. The van der Waals surface area contributed by atoms with Gasteiger partial charge in [0.15, 0.2) is 0 Å². The molecule has 5 nitrogen and oxygen atoms in total. The van der Waals surface area contributed by atoms with Crippen LogP contribution in [0.4, 0.5) is 11.5 Å². The highest BCUT2D eigenvalue weighted by Crippen LogP contribution is 2.16. The molecule has 1 heterocycles.